The van der Waals surface area contributed by atoms with E-state index in [0.29, 0.717) is 11.3 Å². The summed E-state index contributed by atoms with van der Waals surface area (Å²) < 4.78 is 12.8. The summed E-state index contributed by atoms with van der Waals surface area (Å²) in [7, 11) is 0. The second kappa shape index (κ2) is 6.82. The zero-order valence-corrected chi connectivity index (χ0v) is 11.6. The quantitative estimate of drug-likeness (QED) is 0.788. The first kappa shape index (κ1) is 15.7. The number of hydrogen-bond donors (Lipinski definition) is 3. The fourth-order valence-electron chi connectivity index (χ4n) is 1.87. The molecule has 4 N–H and O–H groups in total. The van der Waals surface area contributed by atoms with Crippen LogP contribution in [-0.4, -0.2) is 23.0 Å². The Balaban J connectivity index is 2.00. The van der Waals surface area contributed by atoms with Crippen LogP contribution in [0, 0.1) is 5.82 Å². The Morgan fingerprint density at radius 1 is 1.09 bits per heavy atom. The third-order valence-electron chi connectivity index (χ3n) is 3.09. The van der Waals surface area contributed by atoms with Gasteiger partial charge in [-0.25, -0.2) is 4.39 Å². The summed E-state index contributed by atoms with van der Waals surface area (Å²) in [6.45, 7) is 0. The van der Waals surface area contributed by atoms with Crippen molar-refractivity contribution in [3.8, 4) is 0 Å². The van der Waals surface area contributed by atoms with Crippen LogP contribution in [0.2, 0.25) is 0 Å². The lowest BCUT2D eigenvalue weighted by atomic mass is 10.1. The Morgan fingerprint density at radius 3 is 2.23 bits per heavy atom. The normalized spacial score (nSPS) is 11.7. The molecule has 0 radical (unpaired) electrons. The number of carboxylic acids is 1. The minimum atomic E-state index is -1.06. The lowest BCUT2D eigenvalue weighted by Crippen LogP contribution is -2.32. The number of halogens is 1. The van der Waals surface area contributed by atoms with Crippen molar-refractivity contribution < 1.29 is 19.1 Å². The molecule has 0 spiro atoms. The van der Waals surface area contributed by atoms with Gasteiger partial charge in [-0.3, -0.25) is 9.59 Å². The molecule has 0 aliphatic rings. The van der Waals surface area contributed by atoms with Gasteiger partial charge in [0.1, 0.15) is 11.9 Å². The lowest BCUT2D eigenvalue weighted by molar-refractivity contribution is -0.138. The van der Waals surface area contributed by atoms with Crippen molar-refractivity contribution in [1.29, 1.82) is 0 Å². The summed E-state index contributed by atoms with van der Waals surface area (Å²) in [5.74, 6) is -1.82. The molecule has 1 amide bonds. The minimum Gasteiger partial charge on any atom is -0.480 e. The first-order valence-corrected chi connectivity index (χ1v) is 6.60. The van der Waals surface area contributed by atoms with Gasteiger partial charge in [-0.05, 0) is 48.4 Å². The molecule has 2 aromatic rings. The van der Waals surface area contributed by atoms with Gasteiger partial charge in [-0.15, -0.1) is 0 Å². The SMILES string of the molecule is N[C@H](Cc1ccc(NC(=O)c2ccc(F)cc2)cc1)C(=O)O. The van der Waals surface area contributed by atoms with Crippen LogP contribution in [0.5, 0.6) is 0 Å². The molecule has 0 aliphatic carbocycles. The molecule has 5 nitrogen and oxygen atoms in total. The monoisotopic (exact) mass is 302 g/mol. The van der Waals surface area contributed by atoms with Gasteiger partial charge in [0, 0.05) is 11.3 Å². The standard InChI is InChI=1S/C16H15FN2O3/c17-12-5-3-11(4-6-12)15(20)19-13-7-1-10(2-8-13)9-14(18)16(21)22/h1-8,14H,9,18H2,(H,19,20)(H,21,22)/t14-/m1/s1. The van der Waals surface area contributed by atoms with E-state index in [1.807, 2.05) is 0 Å². The second-order valence-corrected chi connectivity index (χ2v) is 4.81. The number of carboxylic acid groups (broad SMARTS) is 1. The zero-order valence-electron chi connectivity index (χ0n) is 11.6. The predicted molar refractivity (Wildman–Crippen MR) is 80.1 cm³/mol. The zero-order chi connectivity index (χ0) is 16.1. The Labute approximate surface area is 126 Å². The number of nitrogens with one attached hydrogen (secondary N) is 1. The van der Waals surface area contributed by atoms with E-state index in [2.05, 4.69) is 5.32 Å². The fraction of sp³-hybridized carbons (Fsp3) is 0.125. The van der Waals surface area contributed by atoms with Crippen molar-refractivity contribution in [3.05, 3.63) is 65.5 Å². The summed E-state index contributed by atoms with van der Waals surface area (Å²) in [4.78, 5) is 22.6. The predicted octanol–water partition coefficient (Wildman–Crippen LogP) is 2.03. The highest BCUT2D eigenvalue weighted by atomic mass is 19.1. The smallest absolute Gasteiger partial charge is 0.320 e. The maximum absolute atomic E-state index is 12.8. The number of rotatable bonds is 5. The van der Waals surface area contributed by atoms with Crippen LogP contribution in [0.3, 0.4) is 0 Å². The Morgan fingerprint density at radius 2 is 1.68 bits per heavy atom. The van der Waals surface area contributed by atoms with E-state index in [-0.39, 0.29) is 12.3 Å². The first-order chi connectivity index (χ1) is 10.5. The van der Waals surface area contributed by atoms with Gasteiger partial charge in [0.05, 0.1) is 0 Å². The van der Waals surface area contributed by atoms with Crippen LogP contribution in [0.4, 0.5) is 10.1 Å². The first-order valence-electron chi connectivity index (χ1n) is 6.60. The molecule has 22 heavy (non-hydrogen) atoms. The van der Waals surface area contributed by atoms with Crippen molar-refractivity contribution in [2.75, 3.05) is 5.32 Å². The number of amides is 1. The van der Waals surface area contributed by atoms with Crippen molar-refractivity contribution in [2.45, 2.75) is 12.5 Å². The molecule has 2 rings (SSSR count). The molecule has 0 unspecified atom stereocenters. The highest BCUT2D eigenvalue weighted by Gasteiger charge is 2.12. The Kier molecular flexibility index (Phi) is 4.85. The molecule has 0 aliphatic heterocycles. The summed E-state index contributed by atoms with van der Waals surface area (Å²) in [5, 5.41) is 11.4. The molecule has 1 atom stereocenters. The Bertz CT molecular complexity index is 669. The number of carbonyl (C=O) groups is 2. The van der Waals surface area contributed by atoms with Gasteiger partial charge in [-0.2, -0.15) is 0 Å². The third kappa shape index (κ3) is 4.13. The van der Waals surface area contributed by atoms with E-state index in [1.165, 1.54) is 24.3 Å². The van der Waals surface area contributed by atoms with Crippen LogP contribution in [0.25, 0.3) is 0 Å². The number of carbonyl (C=O) groups excluding carboxylic acids is 1. The molecule has 2 aromatic carbocycles. The molecule has 0 aromatic heterocycles. The van der Waals surface area contributed by atoms with Gasteiger partial charge < -0.3 is 16.2 Å². The van der Waals surface area contributed by atoms with Crippen LogP contribution >= 0.6 is 0 Å². The average Bonchev–Trinajstić information content (AvgIpc) is 2.49. The van der Waals surface area contributed by atoms with E-state index < -0.39 is 17.8 Å². The maximum atomic E-state index is 12.8. The number of benzene rings is 2. The van der Waals surface area contributed by atoms with Crippen molar-refractivity contribution in [1.82, 2.24) is 0 Å². The van der Waals surface area contributed by atoms with Gasteiger partial charge in [0.25, 0.3) is 5.91 Å². The van der Waals surface area contributed by atoms with Crippen LogP contribution in [0.1, 0.15) is 15.9 Å². The highest BCUT2D eigenvalue weighted by Crippen LogP contribution is 2.13. The van der Waals surface area contributed by atoms with Gasteiger partial charge in [0.15, 0.2) is 0 Å². The van der Waals surface area contributed by atoms with Crippen LogP contribution in [-0.2, 0) is 11.2 Å². The molecule has 0 saturated carbocycles. The maximum Gasteiger partial charge on any atom is 0.320 e. The topological polar surface area (TPSA) is 92.4 Å². The van der Waals surface area contributed by atoms with E-state index in [9.17, 15) is 14.0 Å². The Hall–Kier alpha value is -2.73. The molecule has 0 bridgehead atoms. The van der Waals surface area contributed by atoms with E-state index in [0.717, 1.165) is 5.56 Å². The third-order valence-corrected chi connectivity index (χ3v) is 3.09. The lowest BCUT2D eigenvalue weighted by Gasteiger charge is -2.08. The molecular weight excluding hydrogens is 287 g/mol. The largest absolute Gasteiger partial charge is 0.480 e. The molecular formula is C16H15FN2O3. The van der Waals surface area contributed by atoms with E-state index >= 15 is 0 Å². The molecule has 114 valence electrons. The van der Waals surface area contributed by atoms with Gasteiger partial charge >= 0.3 is 5.97 Å². The molecule has 0 saturated heterocycles. The summed E-state index contributed by atoms with van der Waals surface area (Å²) in [5.41, 5.74) is 7.12. The molecule has 0 heterocycles. The van der Waals surface area contributed by atoms with E-state index in [4.69, 9.17) is 10.8 Å². The molecule has 6 heteroatoms. The van der Waals surface area contributed by atoms with Crippen molar-refractivity contribution in [2.24, 2.45) is 5.73 Å². The van der Waals surface area contributed by atoms with E-state index in [1.54, 1.807) is 24.3 Å². The van der Waals surface area contributed by atoms with Gasteiger partial charge in [0.2, 0.25) is 0 Å². The second-order valence-electron chi connectivity index (χ2n) is 4.81. The van der Waals surface area contributed by atoms with Crippen molar-refractivity contribution in [3.63, 3.8) is 0 Å². The molecule has 0 fully saturated rings. The highest BCUT2D eigenvalue weighted by molar-refractivity contribution is 6.04. The summed E-state index contributed by atoms with van der Waals surface area (Å²) in [6.07, 6.45) is 0.210. The number of aliphatic carboxylic acids is 1. The van der Waals surface area contributed by atoms with Crippen molar-refractivity contribution >= 4 is 17.6 Å². The number of nitrogens with two attached hydrogens (primary N) is 1. The van der Waals surface area contributed by atoms with Gasteiger partial charge in [-0.1, -0.05) is 12.1 Å². The summed E-state index contributed by atoms with van der Waals surface area (Å²) in [6, 6.07) is 11.0. The van der Waals surface area contributed by atoms with Crippen LogP contribution < -0.4 is 11.1 Å². The average molecular weight is 302 g/mol. The minimum absolute atomic E-state index is 0.210. The van der Waals surface area contributed by atoms with Crippen LogP contribution in [0.15, 0.2) is 48.5 Å². The summed E-state index contributed by atoms with van der Waals surface area (Å²) >= 11 is 0. The fourth-order valence-corrected chi connectivity index (χ4v) is 1.87. The number of hydrogen-bond acceptors (Lipinski definition) is 3. The number of anilines is 1.